The zero-order chi connectivity index (χ0) is 21.6. The van der Waals surface area contributed by atoms with Gasteiger partial charge in [-0.15, -0.1) is 0 Å². The Hall–Kier alpha value is -1.72. The molecule has 0 atom stereocenters. The smallest absolute Gasteiger partial charge is 0.0202 e. The zero-order valence-electron chi connectivity index (χ0n) is 19.4. The Bertz CT molecular complexity index is 507. The van der Waals surface area contributed by atoms with Crippen molar-refractivity contribution in [1.29, 1.82) is 0 Å². The highest BCUT2D eigenvalue weighted by atomic mass is 14.8. The van der Waals surface area contributed by atoms with E-state index in [-0.39, 0.29) is 0 Å². The first-order valence-electron chi connectivity index (χ1n) is 10.5. The number of hydrogen-bond acceptors (Lipinski definition) is 4. The van der Waals surface area contributed by atoms with Gasteiger partial charge in [0, 0.05) is 26.2 Å². The minimum absolute atomic E-state index is 0.942. The van der Waals surface area contributed by atoms with E-state index in [1.54, 1.807) is 0 Å². The van der Waals surface area contributed by atoms with Crippen LogP contribution in [0.1, 0.15) is 49.9 Å². The molecule has 0 saturated heterocycles. The van der Waals surface area contributed by atoms with Gasteiger partial charge in [0.25, 0.3) is 0 Å². The summed E-state index contributed by atoms with van der Waals surface area (Å²) in [5.74, 6) is 0. The molecule has 2 aromatic carbocycles. The Morgan fingerprint density at radius 2 is 0.750 bits per heavy atom. The molecule has 0 heterocycles. The third-order valence-corrected chi connectivity index (χ3v) is 3.54. The van der Waals surface area contributed by atoms with Crippen LogP contribution in [0.15, 0.2) is 48.5 Å². The minimum Gasteiger partial charge on any atom is -0.316 e. The van der Waals surface area contributed by atoms with Gasteiger partial charge < -0.3 is 21.3 Å². The highest BCUT2D eigenvalue weighted by Gasteiger charge is 1.93. The molecule has 160 valence electrons. The first-order valence-corrected chi connectivity index (χ1v) is 10.5. The van der Waals surface area contributed by atoms with Crippen molar-refractivity contribution < 1.29 is 0 Å². The van der Waals surface area contributed by atoms with Crippen LogP contribution in [0.3, 0.4) is 0 Å². The molecule has 2 aromatic rings. The van der Waals surface area contributed by atoms with E-state index in [0.717, 1.165) is 26.2 Å². The topological polar surface area (TPSA) is 48.1 Å². The lowest BCUT2D eigenvalue weighted by molar-refractivity contribution is 0.797. The van der Waals surface area contributed by atoms with Crippen LogP contribution < -0.4 is 21.3 Å². The first-order chi connectivity index (χ1) is 13.7. The minimum atomic E-state index is 0.942. The van der Waals surface area contributed by atoms with E-state index in [0.29, 0.717) is 0 Å². The van der Waals surface area contributed by atoms with Crippen LogP contribution in [0.25, 0.3) is 0 Å². The lowest BCUT2D eigenvalue weighted by Crippen LogP contribution is -2.08. The van der Waals surface area contributed by atoms with Crippen LogP contribution in [-0.2, 0) is 26.2 Å². The molecule has 4 N–H and O–H groups in total. The number of benzene rings is 2. The molecule has 2 rings (SSSR count). The number of hydrogen-bond donors (Lipinski definition) is 4. The summed E-state index contributed by atoms with van der Waals surface area (Å²) in [6.45, 7) is 11.8. The molecule has 0 fully saturated rings. The van der Waals surface area contributed by atoms with Gasteiger partial charge in [-0.3, -0.25) is 0 Å². The highest BCUT2D eigenvalue weighted by Crippen LogP contribution is 2.04. The fourth-order valence-electron chi connectivity index (χ4n) is 2.44. The molecule has 0 bridgehead atoms. The molecule has 0 aliphatic rings. The Kier molecular flexibility index (Phi) is 22.0. The normalized spacial score (nSPS) is 9.14. The predicted octanol–water partition coefficient (Wildman–Crippen LogP) is 4.30. The van der Waals surface area contributed by atoms with Crippen LogP contribution in [0.4, 0.5) is 0 Å². The summed E-state index contributed by atoms with van der Waals surface area (Å²) < 4.78 is 0. The van der Waals surface area contributed by atoms with Crippen molar-refractivity contribution in [2.24, 2.45) is 0 Å². The van der Waals surface area contributed by atoms with Crippen molar-refractivity contribution in [1.82, 2.24) is 21.3 Å². The molecule has 0 unspecified atom stereocenters. The summed E-state index contributed by atoms with van der Waals surface area (Å²) in [7, 11) is 7.85. The molecular weight excluding hydrogens is 344 g/mol. The second kappa shape index (κ2) is 21.6. The van der Waals surface area contributed by atoms with E-state index in [2.05, 4.69) is 69.8 Å². The highest BCUT2D eigenvalue weighted by molar-refractivity contribution is 5.23. The number of rotatable bonds is 8. The van der Waals surface area contributed by atoms with Crippen molar-refractivity contribution in [2.75, 3.05) is 28.2 Å². The Morgan fingerprint density at radius 1 is 0.464 bits per heavy atom. The molecule has 0 spiro atoms. The predicted molar refractivity (Wildman–Crippen MR) is 127 cm³/mol. The van der Waals surface area contributed by atoms with Crippen molar-refractivity contribution in [2.45, 2.75) is 53.9 Å². The average molecular weight is 389 g/mol. The van der Waals surface area contributed by atoms with Crippen LogP contribution in [-0.4, -0.2) is 28.2 Å². The standard InChI is InChI=1S/2C10H16N2.2C2H6/c1-11-7-9-3-5-10(6-4-9)8-12-2;1-11-7-9-4-3-5-10(6-9)8-12-2;2*1-2/h2*3-6,11-12H,7-8H2,1-2H3;2*1-2H3. The Morgan fingerprint density at radius 3 is 1.04 bits per heavy atom. The summed E-state index contributed by atoms with van der Waals surface area (Å²) in [5.41, 5.74) is 5.34. The molecular formula is C24H44N4. The largest absolute Gasteiger partial charge is 0.316 e. The maximum atomic E-state index is 3.13. The molecule has 0 saturated carbocycles. The van der Waals surface area contributed by atoms with Gasteiger partial charge in [-0.25, -0.2) is 0 Å². The van der Waals surface area contributed by atoms with Crippen molar-refractivity contribution in [3.05, 3.63) is 70.8 Å². The lowest BCUT2D eigenvalue weighted by Gasteiger charge is -2.03. The van der Waals surface area contributed by atoms with Gasteiger partial charge in [-0.1, -0.05) is 76.2 Å². The molecule has 0 aliphatic heterocycles. The quantitative estimate of drug-likeness (QED) is 0.544. The van der Waals surface area contributed by atoms with Gasteiger partial charge in [-0.05, 0) is 50.4 Å². The maximum absolute atomic E-state index is 3.13. The second-order valence-electron chi connectivity index (χ2n) is 5.76. The van der Waals surface area contributed by atoms with Crippen LogP contribution >= 0.6 is 0 Å². The monoisotopic (exact) mass is 388 g/mol. The third-order valence-electron chi connectivity index (χ3n) is 3.54. The fraction of sp³-hybridized carbons (Fsp3) is 0.500. The molecule has 0 aliphatic carbocycles. The van der Waals surface area contributed by atoms with Crippen LogP contribution in [0, 0.1) is 0 Å². The molecule has 0 amide bonds. The first kappa shape index (κ1) is 28.5. The van der Waals surface area contributed by atoms with E-state index in [4.69, 9.17) is 0 Å². The summed E-state index contributed by atoms with van der Waals surface area (Å²) in [5, 5.41) is 12.5. The summed E-state index contributed by atoms with van der Waals surface area (Å²) >= 11 is 0. The van der Waals surface area contributed by atoms with Gasteiger partial charge in [0.05, 0.1) is 0 Å². The molecule has 0 radical (unpaired) electrons. The average Bonchev–Trinajstić information content (AvgIpc) is 2.74. The van der Waals surface area contributed by atoms with E-state index in [9.17, 15) is 0 Å². The molecule has 0 aromatic heterocycles. The van der Waals surface area contributed by atoms with Crippen molar-refractivity contribution >= 4 is 0 Å². The SMILES string of the molecule is CC.CC.CNCc1ccc(CNC)cc1.CNCc1cccc(CNC)c1. The lowest BCUT2D eigenvalue weighted by atomic mass is 10.1. The third kappa shape index (κ3) is 14.4. The van der Waals surface area contributed by atoms with Gasteiger partial charge in [0.15, 0.2) is 0 Å². The van der Waals surface area contributed by atoms with Crippen molar-refractivity contribution in [3.63, 3.8) is 0 Å². The fourth-order valence-corrected chi connectivity index (χ4v) is 2.44. The van der Waals surface area contributed by atoms with Gasteiger partial charge in [0.2, 0.25) is 0 Å². The summed E-state index contributed by atoms with van der Waals surface area (Å²) in [4.78, 5) is 0. The van der Waals surface area contributed by atoms with E-state index in [1.165, 1.54) is 22.3 Å². The molecule has 4 nitrogen and oxygen atoms in total. The summed E-state index contributed by atoms with van der Waals surface area (Å²) in [6.07, 6.45) is 0. The van der Waals surface area contributed by atoms with E-state index >= 15 is 0 Å². The second-order valence-corrected chi connectivity index (χ2v) is 5.76. The molecule has 4 heteroatoms. The van der Waals surface area contributed by atoms with Crippen LogP contribution in [0.5, 0.6) is 0 Å². The summed E-state index contributed by atoms with van der Waals surface area (Å²) in [6, 6.07) is 17.2. The van der Waals surface area contributed by atoms with Gasteiger partial charge in [0.1, 0.15) is 0 Å². The Labute approximate surface area is 174 Å². The van der Waals surface area contributed by atoms with E-state index in [1.807, 2.05) is 55.9 Å². The maximum Gasteiger partial charge on any atom is 0.0202 e. The molecule has 28 heavy (non-hydrogen) atoms. The van der Waals surface area contributed by atoms with Crippen LogP contribution in [0.2, 0.25) is 0 Å². The van der Waals surface area contributed by atoms with Gasteiger partial charge >= 0.3 is 0 Å². The van der Waals surface area contributed by atoms with Gasteiger partial charge in [-0.2, -0.15) is 0 Å². The zero-order valence-corrected chi connectivity index (χ0v) is 19.4. The Balaban J connectivity index is 0. The van der Waals surface area contributed by atoms with Crippen molar-refractivity contribution in [3.8, 4) is 0 Å². The number of nitrogens with one attached hydrogen (secondary N) is 4. The van der Waals surface area contributed by atoms with E-state index < -0.39 is 0 Å².